The molecule has 1 atom stereocenters. The fourth-order valence-electron chi connectivity index (χ4n) is 3.60. The molecule has 2 aliphatic rings. The van der Waals surface area contributed by atoms with Gasteiger partial charge in [0.25, 0.3) is 0 Å². The number of amides is 1. The SMILES string of the molecule is CC(=O)Nc1ccc(S(=O)(=O)N2CCN(C[C@@H]3CC=CCC3)CC2)cc1. The van der Waals surface area contributed by atoms with Gasteiger partial charge in [-0.1, -0.05) is 12.2 Å². The van der Waals surface area contributed by atoms with Crippen LogP contribution in [0.5, 0.6) is 0 Å². The lowest BCUT2D eigenvalue weighted by Gasteiger charge is -2.36. The first-order chi connectivity index (χ1) is 12.4. The van der Waals surface area contributed by atoms with Crippen molar-refractivity contribution in [2.24, 2.45) is 5.92 Å². The molecule has 1 aliphatic carbocycles. The summed E-state index contributed by atoms with van der Waals surface area (Å²) in [6, 6.07) is 6.37. The first-order valence-corrected chi connectivity index (χ1v) is 10.6. The lowest BCUT2D eigenvalue weighted by Crippen LogP contribution is -2.49. The van der Waals surface area contributed by atoms with Crippen LogP contribution in [0, 0.1) is 5.92 Å². The van der Waals surface area contributed by atoms with Crippen molar-refractivity contribution in [3.63, 3.8) is 0 Å². The second-order valence-electron chi connectivity index (χ2n) is 7.06. The molecule has 0 saturated carbocycles. The van der Waals surface area contributed by atoms with Crippen molar-refractivity contribution in [3.05, 3.63) is 36.4 Å². The maximum absolute atomic E-state index is 12.8. The smallest absolute Gasteiger partial charge is 0.243 e. The molecule has 1 saturated heterocycles. The van der Waals surface area contributed by atoms with E-state index in [1.165, 1.54) is 13.3 Å². The summed E-state index contributed by atoms with van der Waals surface area (Å²) in [5, 5.41) is 2.65. The summed E-state index contributed by atoms with van der Waals surface area (Å²) >= 11 is 0. The molecule has 0 aromatic heterocycles. The molecule has 3 rings (SSSR count). The van der Waals surface area contributed by atoms with Crippen LogP contribution in [0.4, 0.5) is 5.69 Å². The van der Waals surface area contributed by atoms with Gasteiger partial charge in [-0.15, -0.1) is 0 Å². The first kappa shape index (κ1) is 19.1. The predicted molar refractivity (Wildman–Crippen MR) is 102 cm³/mol. The highest BCUT2D eigenvalue weighted by Gasteiger charge is 2.29. The van der Waals surface area contributed by atoms with Gasteiger partial charge in [0.2, 0.25) is 15.9 Å². The second kappa shape index (κ2) is 8.33. The zero-order chi connectivity index (χ0) is 18.6. The van der Waals surface area contributed by atoms with Gasteiger partial charge in [-0.2, -0.15) is 4.31 Å². The number of carbonyl (C=O) groups excluding carboxylic acids is 1. The van der Waals surface area contributed by atoms with E-state index in [4.69, 9.17) is 0 Å². The highest BCUT2D eigenvalue weighted by Crippen LogP contribution is 2.22. The molecule has 1 fully saturated rings. The molecule has 1 amide bonds. The Labute approximate surface area is 155 Å². The van der Waals surface area contributed by atoms with E-state index < -0.39 is 10.0 Å². The third kappa shape index (κ3) is 4.72. The number of sulfonamides is 1. The van der Waals surface area contributed by atoms with Crippen LogP contribution in [0.3, 0.4) is 0 Å². The minimum atomic E-state index is -3.48. The van der Waals surface area contributed by atoms with E-state index in [1.807, 2.05) is 0 Å². The Bertz CT molecular complexity index is 751. The van der Waals surface area contributed by atoms with E-state index in [-0.39, 0.29) is 10.8 Å². The molecule has 0 spiro atoms. The maximum atomic E-state index is 12.8. The Hall–Kier alpha value is -1.70. The van der Waals surface area contributed by atoms with Gasteiger partial charge in [0.1, 0.15) is 0 Å². The molecule has 7 heteroatoms. The van der Waals surface area contributed by atoms with E-state index >= 15 is 0 Å². The van der Waals surface area contributed by atoms with Gasteiger partial charge in [-0.05, 0) is 49.4 Å². The molecule has 26 heavy (non-hydrogen) atoms. The normalized spacial score (nSPS) is 22.3. The molecule has 0 unspecified atom stereocenters. The van der Waals surface area contributed by atoms with Gasteiger partial charge in [-0.3, -0.25) is 4.79 Å². The molecule has 142 valence electrons. The number of anilines is 1. The van der Waals surface area contributed by atoms with Crippen molar-refractivity contribution >= 4 is 21.6 Å². The number of piperazine rings is 1. The summed E-state index contributed by atoms with van der Waals surface area (Å²) in [6.45, 7) is 5.10. The van der Waals surface area contributed by atoms with Crippen molar-refractivity contribution in [1.29, 1.82) is 0 Å². The third-order valence-electron chi connectivity index (χ3n) is 5.04. The van der Waals surface area contributed by atoms with Gasteiger partial charge in [0, 0.05) is 45.3 Å². The molecule has 6 nitrogen and oxygen atoms in total. The summed E-state index contributed by atoms with van der Waals surface area (Å²) in [5.74, 6) is 0.523. The van der Waals surface area contributed by atoms with Crippen molar-refractivity contribution < 1.29 is 13.2 Å². The van der Waals surface area contributed by atoms with Crippen LogP contribution >= 0.6 is 0 Å². The molecule has 0 bridgehead atoms. The number of benzene rings is 1. The Morgan fingerprint density at radius 2 is 1.81 bits per heavy atom. The van der Waals surface area contributed by atoms with E-state index in [1.54, 1.807) is 28.6 Å². The fraction of sp³-hybridized carbons (Fsp3) is 0.526. The van der Waals surface area contributed by atoms with Gasteiger partial charge in [0.05, 0.1) is 4.90 Å². The van der Waals surface area contributed by atoms with Crippen LogP contribution in [0.15, 0.2) is 41.3 Å². The van der Waals surface area contributed by atoms with E-state index in [9.17, 15) is 13.2 Å². The number of rotatable bonds is 5. The zero-order valence-electron chi connectivity index (χ0n) is 15.2. The molecule has 1 aliphatic heterocycles. The highest BCUT2D eigenvalue weighted by molar-refractivity contribution is 7.89. The minimum absolute atomic E-state index is 0.176. The predicted octanol–water partition coefficient (Wildman–Crippen LogP) is 2.31. The molecule has 1 N–H and O–H groups in total. The average molecular weight is 378 g/mol. The number of allylic oxidation sites excluding steroid dienone is 2. The van der Waals surface area contributed by atoms with Crippen molar-refractivity contribution in [2.75, 3.05) is 38.0 Å². The Balaban J connectivity index is 1.57. The summed E-state index contributed by atoms with van der Waals surface area (Å²) in [7, 11) is -3.48. The molecular formula is C19H27N3O3S. The van der Waals surface area contributed by atoms with Crippen LogP contribution in [0.1, 0.15) is 26.2 Å². The Kier molecular flexibility index (Phi) is 6.11. The Morgan fingerprint density at radius 1 is 1.12 bits per heavy atom. The van der Waals surface area contributed by atoms with Gasteiger partial charge < -0.3 is 10.2 Å². The zero-order valence-corrected chi connectivity index (χ0v) is 16.0. The quantitative estimate of drug-likeness (QED) is 0.800. The average Bonchev–Trinajstić information content (AvgIpc) is 2.63. The Morgan fingerprint density at radius 3 is 2.38 bits per heavy atom. The maximum Gasteiger partial charge on any atom is 0.243 e. The van der Waals surface area contributed by atoms with Crippen molar-refractivity contribution in [2.45, 2.75) is 31.1 Å². The van der Waals surface area contributed by atoms with Crippen molar-refractivity contribution in [1.82, 2.24) is 9.21 Å². The molecule has 1 aromatic carbocycles. The number of nitrogens with one attached hydrogen (secondary N) is 1. The van der Waals surface area contributed by atoms with Crippen molar-refractivity contribution in [3.8, 4) is 0 Å². The number of nitrogens with zero attached hydrogens (tertiary/aromatic N) is 2. The number of carbonyl (C=O) groups is 1. The number of hydrogen-bond donors (Lipinski definition) is 1. The van der Waals surface area contributed by atoms with Gasteiger partial charge >= 0.3 is 0 Å². The van der Waals surface area contributed by atoms with Crippen LogP contribution < -0.4 is 5.32 Å². The van der Waals surface area contributed by atoms with Gasteiger partial charge in [-0.25, -0.2) is 8.42 Å². The standard InChI is InChI=1S/C19H27N3O3S/c1-16(23)20-18-7-9-19(10-8-18)26(24,25)22-13-11-21(12-14-22)15-17-5-3-2-4-6-17/h2-3,7-10,17H,4-6,11-15H2,1H3,(H,20,23)/t17-/m1/s1. The van der Waals surface area contributed by atoms with Crippen LogP contribution in [0.25, 0.3) is 0 Å². The highest BCUT2D eigenvalue weighted by atomic mass is 32.2. The van der Waals surface area contributed by atoms with E-state index in [0.717, 1.165) is 32.5 Å². The lowest BCUT2D eigenvalue weighted by atomic mass is 9.94. The summed E-state index contributed by atoms with van der Waals surface area (Å²) < 4.78 is 27.2. The third-order valence-corrected chi connectivity index (χ3v) is 6.95. The second-order valence-corrected chi connectivity index (χ2v) is 9.00. The van der Waals surface area contributed by atoms with E-state index in [0.29, 0.717) is 24.7 Å². The largest absolute Gasteiger partial charge is 0.326 e. The molecule has 1 aromatic rings. The monoisotopic (exact) mass is 377 g/mol. The summed E-state index contributed by atoms with van der Waals surface area (Å²) in [5.41, 5.74) is 0.600. The number of hydrogen-bond acceptors (Lipinski definition) is 4. The lowest BCUT2D eigenvalue weighted by molar-refractivity contribution is -0.114. The van der Waals surface area contributed by atoms with E-state index in [2.05, 4.69) is 22.4 Å². The van der Waals surface area contributed by atoms with Crippen LogP contribution in [-0.4, -0.2) is 56.3 Å². The fourth-order valence-corrected chi connectivity index (χ4v) is 5.02. The molecule has 0 radical (unpaired) electrons. The van der Waals surface area contributed by atoms with Gasteiger partial charge in [0.15, 0.2) is 0 Å². The minimum Gasteiger partial charge on any atom is -0.326 e. The van der Waals surface area contributed by atoms with Crippen LogP contribution in [-0.2, 0) is 14.8 Å². The van der Waals surface area contributed by atoms with Crippen LogP contribution in [0.2, 0.25) is 0 Å². The topological polar surface area (TPSA) is 69.7 Å². The summed E-state index contributed by atoms with van der Waals surface area (Å²) in [4.78, 5) is 13.7. The summed E-state index contributed by atoms with van der Waals surface area (Å²) in [6.07, 6.45) is 8.04. The molecular weight excluding hydrogens is 350 g/mol. The first-order valence-electron chi connectivity index (χ1n) is 9.20. The molecule has 1 heterocycles.